The molecule has 1 amide bonds. The third-order valence-electron chi connectivity index (χ3n) is 3.86. The molecule has 3 rings (SSSR count). The van der Waals surface area contributed by atoms with Crippen molar-refractivity contribution < 1.29 is 18.3 Å². The van der Waals surface area contributed by atoms with Crippen LogP contribution in [0.4, 0.5) is 4.39 Å². The molecule has 0 radical (unpaired) electrons. The molecule has 1 unspecified atom stereocenters. The van der Waals surface area contributed by atoms with Crippen molar-refractivity contribution in [2.45, 2.75) is 19.6 Å². The maximum Gasteiger partial charge on any atom is 0.287 e. The molecule has 1 heterocycles. The fourth-order valence-electron chi connectivity index (χ4n) is 2.46. The summed E-state index contributed by atoms with van der Waals surface area (Å²) in [5.74, 6) is 0.287. The molecule has 140 valence electrons. The van der Waals surface area contributed by atoms with Crippen LogP contribution in [0.5, 0.6) is 5.75 Å². The number of hydrogen-bond donors (Lipinski definition) is 1. The second kappa shape index (κ2) is 8.46. The van der Waals surface area contributed by atoms with Gasteiger partial charge >= 0.3 is 0 Å². The van der Waals surface area contributed by atoms with E-state index in [1.807, 2.05) is 30.3 Å². The minimum atomic E-state index is -0.601. The number of rotatable bonds is 6. The van der Waals surface area contributed by atoms with Crippen molar-refractivity contribution in [3.8, 4) is 5.75 Å². The van der Waals surface area contributed by atoms with E-state index in [9.17, 15) is 9.18 Å². The first-order valence-corrected chi connectivity index (χ1v) is 8.91. The number of benzene rings is 2. The Labute approximate surface area is 165 Å². The molecule has 3 aromatic rings. The number of carbonyl (C=O) groups excluding carboxylic acids is 1. The highest BCUT2D eigenvalue weighted by Crippen LogP contribution is 2.28. The predicted molar refractivity (Wildman–Crippen MR) is 102 cm³/mol. The Bertz CT molecular complexity index is 944. The SMILES string of the molecule is CC(NC(=O)c1ccc(COc2ccccc2)o1)c1cc(F)c(Cl)cc1Cl. The van der Waals surface area contributed by atoms with Gasteiger partial charge in [0, 0.05) is 5.02 Å². The molecule has 0 aliphatic carbocycles. The number of nitrogens with one attached hydrogen (secondary N) is 1. The number of carbonyl (C=O) groups is 1. The van der Waals surface area contributed by atoms with E-state index in [1.54, 1.807) is 19.1 Å². The Kier molecular flexibility index (Phi) is 6.04. The summed E-state index contributed by atoms with van der Waals surface area (Å²) in [7, 11) is 0. The van der Waals surface area contributed by atoms with Crippen LogP contribution in [0.25, 0.3) is 0 Å². The van der Waals surface area contributed by atoms with Crippen molar-refractivity contribution in [3.05, 3.63) is 87.5 Å². The normalized spacial score (nSPS) is 11.9. The number of hydrogen-bond acceptors (Lipinski definition) is 3. The van der Waals surface area contributed by atoms with Gasteiger partial charge in [0.15, 0.2) is 5.76 Å². The summed E-state index contributed by atoms with van der Waals surface area (Å²) in [6, 6.07) is 14.5. The number of para-hydroxylation sites is 1. The Morgan fingerprint density at radius 2 is 1.89 bits per heavy atom. The van der Waals surface area contributed by atoms with Crippen molar-refractivity contribution in [1.29, 1.82) is 0 Å². The van der Waals surface area contributed by atoms with E-state index in [4.69, 9.17) is 32.4 Å². The van der Waals surface area contributed by atoms with Crippen LogP contribution in [0.2, 0.25) is 10.0 Å². The second-order valence-corrected chi connectivity index (χ2v) is 6.67. The van der Waals surface area contributed by atoms with Crippen LogP contribution in [-0.2, 0) is 6.61 Å². The van der Waals surface area contributed by atoms with Crippen molar-refractivity contribution in [2.24, 2.45) is 0 Å². The van der Waals surface area contributed by atoms with Gasteiger partial charge in [0.2, 0.25) is 0 Å². The number of halogens is 3. The van der Waals surface area contributed by atoms with Crippen molar-refractivity contribution in [3.63, 3.8) is 0 Å². The summed E-state index contributed by atoms with van der Waals surface area (Å²) in [6.07, 6.45) is 0. The molecule has 0 saturated heterocycles. The highest BCUT2D eigenvalue weighted by Gasteiger charge is 2.18. The maximum absolute atomic E-state index is 13.7. The van der Waals surface area contributed by atoms with Crippen molar-refractivity contribution in [1.82, 2.24) is 5.32 Å². The van der Waals surface area contributed by atoms with Gasteiger partial charge in [-0.15, -0.1) is 0 Å². The van der Waals surface area contributed by atoms with Gasteiger partial charge in [0.05, 0.1) is 11.1 Å². The molecule has 27 heavy (non-hydrogen) atoms. The van der Waals surface area contributed by atoms with Gasteiger partial charge in [-0.2, -0.15) is 0 Å². The molecule has 0 saturated carbocycles. The fourth-order valence-corrected chi connectivity index (χ4v) is 3.01. The minimum absolute atomic E-state index is 0.0728. The first-order chi connectivity index (χ1) is 12.9. The lowest BCUT2D eigenvalue weighted by molar-refractivity contribution is 0.0907. The molecular formula is C20H16Cl2FNO3. The lowest BCUT2D eigenvalue weighted by Crippen LogP contribution is -2.26. The highest BCUT2D eigenvalue weighted by molar-refractivity contribution is 6.35. The maximum atomic E-state index is 13.7. The summed E-state index contributed by atoms with van der Waals surface area (Å²) >= 11 is 11.8. The molecule has 0 aliphatic heterocycles. The molecular weight excluding hydrogens is 392 g/mol. The zero-order chi connectivity index (χ0) is 19.4. The van der Waals surface area contributed by atoms with E-state index in [2.05, 4.69) is 5.32 Å². The van der Waals surface area contributed by atoms with E-state index in [1.165, 1.54) is 12.1 Å². The van der Waals surface area contributed by atoms with Gasteiger partial charge in [-0.25, -0.2) is 4.39 Å². The van der Waals surface area contributed by atoms with Gasteiger partial charge < -0.3 is 14.5 Å². The Balaban J connectivity index is 1.63. The molecule has 1 atom stereocenters. The van der Waals surface area contributed by atoms with Gasteiger partial charge in [-0.05, 0) is 48.9 Å². The third kappa shape index (κ3) is 4.81. The summed E-state index contributed by atoms with van der Waals surface area (Å²) < 4.78 is 24.8. The molecule has 1 aromatic heterocycles. The molecule has 1 N–H and O–H groups in total. The zero-order valence-corrected chi connectivity index (χ0v) is 15.9. The first-order valence-electron chi connectivity index (χ1n) is 8.16. The highest BCUT2D eigenvalue weighted by atomic mass is 35.5. The molecule has 7 heteroatoms. The van der Waals surface area contributed by atoms with Gasteiger partial charge in [0.25, 0.3) is 5.91 Å². The lowest BCUT2D eigenvalue weighted by atomic mass is 10.1. The van der Waals surface area contributed by atoms with Gasteiger partial charge in [-0.1, -0.05) is 41.4 Å². The Hall–Kier alpha value is -2.50. The standard InChI is InChI=1S/C20H16Cl2FNO3/c1-12(15-9-18(23)17(22)10-16(15)21)24-20(25)19-8-7-14(27-19)11-26-13-5-3-2-4-6-13/h2-10,12H,11H2,1H3,(H,24,25). The summed E-state index contributed by atoms with van der Waals surface area (Å²) in [5.41, 5.74) is 0.422. The van der Waals surface area contributed by atoms with E-state index in [-0.39, 0.29) is 22.4 Å². The average molecular weight is 408 g/mol. The smallest absolute Gasteiger partial charge is 0.287 e. The lowest BCUT2D eigenvalue weighted by Gasteiger charge is -2.15. The molecule has 0 fully saturated rings. The van der Waals surface area contributed by atoms with Gasteiger partial charge in [-0.3, -0.25) is 4.79 Å². The van der Waals surface area contributed by atoms with Crippen LogP contribution in [0.1, 0.15) is 34.8 Å². The molecule has 2 aromatic carbocycles. The summed E-state index contributed by atoms with van der Waals surface area (Å²) in [6.45, 7) is 1.88. The fraction of sp³-hybridized carbons (Fsp3) is 0.150. The van der Waals surface area contributed by atoms with Crippen LogP contribution in [-0.4, -0.2) is 5.91 Å². The van der Waals surface area contributed by atoms with E-state index in [0.29, 0.717) is 17.1 Å². The third-order valence-corrected chi connectivity index (χ3v) is 4.48. The first kappa shape index (κ1) is 19.3. The Morgan fingerprint density at radius 3 is 2.63 bits per heavy atom. The quantitative estimate of drug-likeness (QED) is 0.525. The number of furan rings is 1. The monoisotopic (exact) mass is 407 g/mol. The van der Waals surface area contributed by atoms with Gasteiger partial charge in [0.1, 0.15) is 23.9 Å². The largest absolute Gasteiger partial charge is 0.486 e. The van der Waals surface area contributed by atoms with Crippen LogP contribution >= 0.6 is 23.2 Å². The second-order valence-electron chi connectivity index (χ2n) is 5.85. The number of ether oxygens (including phenoxy) is 1. The Morgan fingerprint density at radius 1 is 1.15 bits per heavy atom. The molecule has 0 spiro atoms. The average Bonchev–Trinajstić information content (AvgIpc) is 3.13. The summed E-state index contributed by atoms with van der Waals surface area (Å²) in [4.78, 5) is 12.4. The minimum Gasteiger partial charge on any atom is -0.486 e. The van der Waals surface area contributed by atoms with Crippen molar-refractivity contribution in [2.75, 3.05) is 0 Å². The van der Waals surface area contributed by atoms with E-state index < -0.39 is 17.8 Å². The van der Waals surface area contributed by atoms with Crippen LogP contribution in [0.3, 0.4) is 0 Å². The molecule has 0 aliphatic rings. The zero-order valence-electron chi connectivity index (χ0n) is 14.3. The number of amides is 1. The molecule has 0 bridgehead atoms. The van der Waals surface area contributed by atoms with E-state index >= 15 is 0 Å². The van der Waals surface area contributed by atoms with Crippen molar-refractivity contribution >= 4 is 29.1 Å². The predicted octanol–water partition coefficient (Wildman–Crippen LogP) is 5.80. The topological polar surface area (TPSA) is 51.5 Å². The van der Waals surface area contributed by atoms with Crippen LogP contribution in [0.15, 0.2) is 59.0 Å². The van der Waals surface area contributed by atoms with Crippen LogP contribution in [0, 0.1) is 5.82 Å². The molecule has 4 nitrogen and oxygen atoms in total. The summed E-state index contributed by atoms with van der Waals surface area (Å²) in [5, 5.41) is 2.92. The van der Waals surface area contributed by atoms with Crippen LogP contribution < -0.4 is 10.1 Å². The van der Waals surface area contributed by atoms with E-state index in [0.717, 1.165) is 0 Å².